The molecule has 150 valence electrons. The lowest BCUT2D eigenvalue weighted by molar-refractivity contribution is -0.120. The number of nitrogens with zero attached hydrogens (tertiary/aromatic N) is 1. The summed E-state index contributed by atoms with van der Waals surface area (Å²) in [5.74, 6) is -1.03. The quantitative estimate of drug-likeness (QED) is 0.649. The Balaban J connectivity index is 1.51. The Morgan fingerprint density at radius 2 is 1.76 bits per heavy atom. The molecule has 0 aliphatic heterocycles. The highest BCUT2D eigenvalue weighted by molar-refractivity contribution is 6.06. The zero-order chi connectivity index (χ0) is 20.4. The van der Waals surface area contributed by atoms with Gasteiger partial charge in [0.1, 0.15) is 11.5 Å². The van der Waals surface area contributed by atoms with Crippen LogP contribution in [0.4, 0.5) is 15.8 Å². The number of fused-ring (bicyclic) bond motifs is 1. The van der Waals surface area contributed by atoms with E-state index in [9.17, 15) is 14.0 Å². The molecule has 0 atom stereocenters. The molecule has 5 nitrogen and oxygen atoms in total. The molecule has 4 rings (SSSR count). The first-order chi connectivity index (χ1) is 14.0. The molecule has 1 fully saturated rings. The van der Waals surface area contributed by atoms with E-state index >= 15 is 0 Å². The molecule has 0 bridgehead atoms. The molecule has 0 saturated heterocycles. The maximum absolute atomic E-state index is 14.2. The van der Waals surface area contributed by atoms with Crippen molar-refractivity contribution in [3.8, 4) is 0 Å². The molecule has 2 aromatic carbocycles. The van der Waals surface area contributed by atoms with Gasteiger partial charge in [0.25, 0.3) is 5.91 Å². The summed E-state index contributed by atoms with van der Waals surface area (Å²) in [4.78, 5) is 25.2. The van der Waals surface area contributed by atoms with Crippen molar-refractivity contribution in [3.63, 3.8) is 0 Å². The highest BCUT2D eigenvalue weighted by Gasteiger charge is 2.22. The van der Waals surface area contributed by atoms with Crippen molar-refractivity contribution in [2.24, 2.45) is 13.0 Å². The first-order valence-electron chi connectivity index (χ1n) is 9.99. The number of carbonyl (C=O) groups excluding carboxylic acids is 2. The summed E-state index contributed by atoms with van der Waals surface area (Å²) in [5, 5.41) is 6.47. The third kappa shape index (κ3) is 4.01. The summed E-state index contributed by atoms with van der Waals surface area (Å²) < 4.78 is 16.0. The second kappa shape index (κ2) is 8.07. The molecule has 1 aromatic heterocycles. The van der Waals surface area contributed by atoms with Crippen LogP contribution in [0.2, 0.25) is 0 Å². The van der Waals surface area contributed by atoms with Gasteiger partial charge in [-0.25, -0.2) is 4.39 Å². The molecule has 3 aromatic rings. The number of hydrogen-bond donors (Lipinski definition) is 2. The average Bonchev–Trinajstić information content (AvgIpc) is 3.08. The van der Waals surface area contributed by atoms with Crippen LogP contribution < -0.4 is 10.6 Å². The van der Waals surface area contributed by atoms with Crippen molar-refractivity contribution in [3.05, 3.63) is 60.0 Å². The van der Waals surface area contributed by atoms with Crippen LogP contribution in [0, 0.1) is 11.7 Å². The van der Waals surface area contributed by atoms with Crippen LogP contribution in [0.15, 0.2) is 48.5 Å². The van der Waals surface area contributed by atoms with Crippen molar-refractivity contribution in [2.75, 3.05) is 10.6 Å². The molecule has 1 saturated carbocycles. The number of anilines is 2. The van der Waals surface area contributed by atoms with Gasteiger partial charge in [-0.2, -0.15) is 0 Å². The maximum atomic E-state index is 14.2. The van der Waals surface area contributed by atoms with Crippen molar-refractivity contribution in [1.82, 2.24) is 4.57 Å². The van der Waals surface area contributed by atoms with Crippen molar-refractivity contribution in [2.45, 2.75) is 32.1 Å². The molecule has 1 heterocycles. The lowest BCUT2D eigenvalue weighted by atomic mass is 9.88. The molecule has 1 aliphatic carbocycles. The average molecular weight is 393 g/mol. The van der Waals surface area contributed by atoms with E-state index in [-0.39, 0.29) is 23.4 Å². The van der Waals surface area contributed by atoms with Crippen LogP contribution in [-0.4, -0.2) is 16.4 Å². The van der Waals surface area contributed by atoms with Gasteiger partial charge in [-0.1, -0.05) is 37.5 Å². The predicted molar refractivity (Wildman–Crippen MR) is 112 cm³/mol. The number of amides is 2. The van der Waals surface area contributed by atoms with Gasteiger partial charge in [0.15, 0.2) is 0 Å². The summed E-state index contributed by atoms with van der Waals surface area (Å²) in [5.41, 5.74) is 1.98. The fourth-order valence-corrected chi connectivity index (χ4v) is 4.00. The number of para-hydroxylation sites is 1. The normalized spacial score (nSPS) is 14.7. The molecule has 2 amide bonds. The molecule has 1 aliphatic rings. The summed E-state index contributed by atoms with van der Waals surface area (Å²) in [6.07, 6.45) is 4.88. The van der Waals surface area contributed by atoms with E-state index in [1.165, 1.54) is 18.2 Å². The lowest BCUT2D eigenvalue weighted by Gasteiger charge is -2.21. The molecule has 6 heteroatoms. The van der Waals surface area contributed by atoms with E-state index in [0.29, 0.717) is 11.4 Å². The molecular weight excluding hydrogens is 369 g/mol. The number of nitrogens with one attached hydrogen (secondary N) is 2. The SMILES string of the molecule is Cn1c(C(=O)Nc2ccc(F)c(NC(=O)C3CCCCC3)c2)cc2ccccc21. The highest BCUT2D eigenvalue weighted by atomic mass is 19.1. The summed E-state index contributed by atoms with van der Waals surface area (Å²) >= 11 is 0. The fraction of sp³-hybridized carbons (Fsp3) is 0.304. The topological polar surface area (TPSA) is 63.1 Å². The smallest absolute Gasteiger partial charge is 0.272 e. The number of aromatic nitrogens is 1. The van der Waals surface area contributed by atoms with Gasteiger partial charge in [0, 0.05) is 29.6 Å². The molecular formula is C23H24FN3O2. The zero-order valence-electron chi connectivity index (χ0n) is 16.4. The zero-order valence-corrected chi connectivity index (χ0v) is 16.4. The van der Waals surface area contributed by atoms with Crippen LogP contribution in [0.1, 0.15) is 42.6 Å². The fourth-order valence-electron chi connectivity index (χ4n) is 4.00. The van der Waals surface area contributed by atoms with E-state index < -0.39 is 5.82 Å². The van der Waals surface area contributed by atoms with E-state index in [0.717, 1.165) is 43.0 Å². The first-order valence-corrected chi connectivity index (χ1v) is 9.99. The minimum atomic E-state index is -0.517. The second-order valence-electron chi connectivity index (χ2n) is 7.62. The maximum Gasteiger partial charge on any atom is 0.272 e. The molecule has 2 N–H and O–H groups in total. The standard InChI is InChI=1S/C23H24FN3O2/c1-27-20-10-6-5-9-16(20)13-21(27)23(29)25-17-11-12-18(24)19(14-17)26-22(28)15-7-3-2-4-8-15/h5-6,9-15H,2-4,7-8H2,1H3,(H,25,29)(H,26,28). The Hall–Kier alpha value is -3.15. The monoisotopic (exact) mass is 393 g/mol. The number of rotatable bonds is 4. The summed E-state index contributed by atoms with van der Waals surface area (Å²) in [6.45, 7) is 0. The summed E-state index contributed by atoms with van der Waals surface area (Å²) in [6, 6.07) is 13.8. The van der Waals surface area contributed by atoms with Crippen molar-refractivity contribution < 1.29 is 14.0 Å². The minimum absolute atomic E-state index is 0.0720. The number of halogens is 1. The van der Waals surface area contributed by atoms with Gasteiger partial charge < -0.3 is 15.2 Å². The molecule has 0 radical (unpaired) electrons. The van der Waals surface area contributed by atoms with Gasteiger partial charge in [-0.15, -0.1) is 0 Å². The summed E-state index contributed by atoms with van der Waals surface area (Å²) in [7, 11) is 1.83. The van der Waals surface area contributed by atoms with E-state index in [1.807, 2.05) is 41.9 Å². The Labute approximate surface area is 168 Å². The third-order valence-electron chi connectivity index (χ3n) is 5.64. The van der Waals surface area contributed by atoms with Crippen molar-refractivity contribution >= 4 is 34.1 Å². The van der Waals surface area contributed by atoms with Gasteiger partial charge in [0.05, 0.1) is 5.69 Å². The lowest BCUT2D eigenvalue weighted by Crippen LogP contribution is -2.25. The van der Waals surface area contributed by atoms with E-state index in [2.05, 4.69) is 10.6 Å². The number of carbonyl (C=O) groups is 2. The van der Waals surface area contributed by atoms with Crippen LogP contribution in [-0.2, 0) is 11.8 Å². The van der Waals surface area contributed by atoms with Crippen molar-refractivity contribution in [1.29, 1.82) is 0 Å². The van der Waals surface area contributed by atoms with Crippen LogP contribution in [0.25, 0.3) is 10.9 Å². The van der Waals surface area contributed by atoms with Gasteiger partial charge >= 0.3 is 0 Å². The van der Waals surface area contributed by atoms with E-state index in [4.69, 9.17) is 0 Å². The number of hydrogen-bond acceptors (Lipinski definition) is 2. The Morgan fingerprint density at radius 3 is 2.52 bits per heavy atom. The molecule has 29 heavy (non-hydrogen) atoms. The van der Waals surface area contributed by atoms with Crippen LogP contribution >= 0.6 is 0 Å². The molecule has 0 spiro atoms. The largest absolute Gasteiger partial charge is 0.340 e. The highest BCUT2D eigenvalue weighted by Crippen LogP contribution is 2.27. The van der Waals surface area contributed by atoms with Gasteiger partial charge in [0.2, 0.25) is 5.91 Å². The van der Waals surface area contributed by atoms with Crippen LogP contribution in [0.5, 0.6) is 0 Å². The Bertz CT molecular complexity index is 1070. The Morgan fingerprint density at radius 1 is 1.00 bits per heavy atom. The van der Waals surface area contributed by atoms with Gasteiger partial charge in [-0.3, -0.25) is 9.59 Å². The Kier molecular flexibility index (Phi) is 5.34. The molecule has 0 unspecified atom stereocenters. The second-order valence-corrected chi connectivity index (χ2v) is 7.62. The number of aryl methyl sites for hydroxylation is 1. The van der Waals surface area contributed by atoms with Gasteiger partial charge in [-0.05, 0) is 43.2 Å². The first kappa shape index (κ1) is 19.2. The predicted octanol–water partition coefficient (Wildman–Crippen LogP) is 5.09. The minimum Gasteiger partial charge on any atom is -0.340 e. The number of benzene rings is 2. The van der Waals surface area contributed by atoms with E-state index in [1.54, 1.807) is 0 Å². The van der Waals surface area contributed by atoms with Crippen LogP contribution in [0.3, 0.4) is 0 Å². The third-order valence-corrected chi connectivity index (χ3v) is 5.64.